The van der Waals surface area contributed by atoms with Crippen molar-refractivity contribution < 1.29 is 33.6 Å². The fourth-order valence-electron chi connectivity index (χ4n) is 3.95. The molecule has 0 saturated heterocycles. The van der Waals surface area contributed by atoms with Crippen LogP contribution >= 0.6 is 7.26 Å². The van der Waals surface area contributed by atoms with E-state index >= 15 is 0 Å². The average Bonchev–Trinajstić information content (AvgIpc) is 3.29. The minimum absolute atomic E-state index is 0. The summed E-state index contributed by atoms with van der Waals surface area (Å²) < 4.78 is 0. The van der Waals surface area contributed by atoms with Crippen molar-refractivity contribution in [2.24, 2.45) is 0 Å². The molecule has 59 heavy (non-hydrogen) atoms. The molecule has 0 saturated carbocycles. The van der Waals surface area contributed by atoms with Crippen LogP contribution in [0.1, 0.15) is 0 Å². The maximum atomic E-state index is 8.10. The maximum Gasteiger partial charge on any atom is 3.00 e. The molecule has 0 fully saturated rings. The van der Waals surface area contributed by atoms with Gasteiger partial charge in [-0.15, -0.1) is 0 Å². The molecule has 19 heteroatoms. The number of rotatable bonds is 4. The van der Waals surface area contributed by atoms with Crippen molar-refractivity contribution in [1.82, 2.24) is 0 Å². The minimum atomic E-state index is -1.91. The Morgan fingerprint density at radius 1 is 0.271 bits per heavy atom. The second-order valence-corrected chi connectivity index (χ2v) is 17.3. The topological polar surface area (TPSA) is 190 Å². The Kier molecular flexibility index (Phi) is 35.0. The third-order valence-corrected chi connectivity index (χ3v) is 14.7. The van der Waals surface area contributed by atoms with E-state index in [1.54, 1.807) is 48.6 Å². The zero-order valence-corrected chi connectivity index (χ0v) is 41.2. The van der Waals surface area contributed by atoms with Gasteiger partial charge >= 0.3 is 33.6 Å². The van der Waals surface area contributed by atoms with Crippen LogP contribution in [0.5, 0.6) is 0 Å². The monoisotopic (exact) mass is 1030 g/mol. The number of allylic oxidation sites excluding steroid dienone is 8. The fraction of sp³-hybridized carbons (Fsp3) is 0. The molecule has 0 bridgehead atoms. The van der Waals surface area contributed by atoms with Crippen molar-refractivity contribution in [1.29, 1.82) is 42.1 Å². The Morgan fingerprint density at radius 2 is 0.390 bits per heavy atom. The Morgan fingerprint density at radius 3 is 0.492 bits per heavy atom. The van der Waals surface area contributed by atoms with E-state index in [1.807, 2.05) is 0 Å². The van der Waals surface area contributed by atoms with Gasteiger partial charge in [0.25, 0.3) is 39.2 Å². The average molecular weight is 1030 g/mol. The molecule has 0 heterocycles. The van der Waals surface area contributed by atoms with Crippen LogP contribution in [0.3, 0.4) is 0 Å². The zero-order valence-electron chi connectivity index (χ0n) is 30.2. The molecule has 4 aromatic carbocycles. The van der Waals surface area contributed by atoms with E-state index in [4.69, 9.17) is 42.1 Å². The molecule has 0 amide bonds. The van der Waals surface area contributed by atoms with Crippen molar-refractivity contribution >= 4 is 130 Å². The molecule has 4 rings (SSSR count). The van der Waals surface area contributed by atoms with Gasteiger partial charge in [-0.05, 0) is 48.5 Å². The number of hydrogen-bond acceptors (Lipinski definition) is 8. The number of benzene rings is 4. The van der Waals surface area contributed by atoms with E-state index in [9.17, 15) is 0 Å². The summed E-state index contributed by atoms with van der Waals surface area (Å²) in [4.78, 5) is 1.70. The fourth-order valence-corrected chi connectivity index (χ4v) is 8.66. The van der Waals surface area contributed by atoms with Gasteiger partial charge in [0.15, 0.2) is 48.6 Å². The van der Waals surface area contributed by atoms with Gasteiger partial charge in [0.05, 0.1) is 0 Å². The van der Waals surface area contributed by atoms with Crippen LogP contribution in [0.15, 0.2) is 161 Å². The summed E-state index contributed by atoms with van der Waals surface area (Å²) in [6.07, 6.45) is 0. The van der Waals surface area contributed by atoms with Gasteiger partial charge in [-0.1, -0.05) is 72.8 Å². The van der Waals surface area contributed by atoms with Gasteiger partial charge < -0.3 is 0 Å². The summed E-state index contributed by atoms with van der Waals surface area (Å²) in [5.41, 5.74) is 0. The molecule has 0 aliphatic rings. The van der Waals surface area contributed by atoms with Crippen LogP contribution in [0.4, 0.5) is 0 Å². The molecule has 0 radical (unpaired) electrons. The molecular weight excluding hydrogens is 998 g/mol. The molecule has 0 spiro atoms. The molecule has 8 nitrogen and oxygen atoms in total. The second kappa shape index (κ2) is 34.8. The number of hydrogen-bond donors (Lipinski definition) is 0. The molecule has 292 valence electrons. The van der Waals surface area contributed by atoms with E-state index < -0.39 is 7.26 Å². The number of nitrogens with zero attached hydrogens (tertiary/aromatic N) is 8. The Bertz CT molecular complexity index is 2000. The Hall–Kier alpha value is -4.00. The van der Waals surface area contributed by atoms with Gasteiger partial charge in [0, 0.05) is 101 Å². The standard InChI is InChI=1S/C24H20P.4C4H2N2S2.2Co/c1-5-13-21(14-6-1)25(22-15-7-2-8-16-22,23-17-9-3-10-18-23)24-19-11-4-12-20-24;4*5-1-3(7)4(8)2-6;;/h1-20H;4*7-8H;;/q+1;;;;;2*+3/p+8/b;4*4-3-;;. The SMILES string of the molecule is N#C/C([SH2+])=C(/[SH2+])C#N.N#C/C([SH2+])=C(/[SH2+])C#N.N#C/C([SH2+])=C(/[SH2+])C#N.N#C/C([SH2+])=C(/[SH2+])C#N.[Co+3].[Co+3].c1ccc([P+](c2ccccc2)(c2ccccc2)c2ccccc2)cc1. The van der Waals surface area contributed by atoms with Crippen LogP contribution in [0, 0.1) is 90.6 Å². The second-order valence-electron chi connectivity index (χ2n) is 9.91. The quantitative estimate of drug-likeness (QED) is 0.167. The van der Waals surface area contributed by atoms with Crippen molar-refractivity contribution in [2.45, 2.75) is 0 Å². The van der Waals surface area contributed by atoms with Crippen LogP contribution in [-0.2, 0) is 135 Å². The Labute approximate surface area is 410 Å². The zero-order chi connectivity index (χ0) is 43.2. The summed E-state index contributed by atoms with van der Waals surface area (Å²) in [5, 5.41) is 70.3. The van der Waals surface area contributed by atoms with Crippen molar-refractivity contribution in [3.05, 3.63) is 161 Å². The van der Waals surface area contributed by atoms with Gasteiger partial charge in [-0.3, -0.25) is 0 Å². The summed E-state index contributed by atoms with van der Waals surface area (Å²) in [7, 11) is -1.91. The van der Waals surface area contributed by atoms with Crippen molar-refractivity contribution in [3.63, 3.8) is 0 Å². The van der Waals surface area contributed by atoms with Gasteiger partial charge in [-0.2, -0.15) is 42.1 Å². The molecule has 0 aromatic heterocycles. The number of nitriles is 8. The van der Waals surface area contributed by atoms with Crippen LogP contribution in [0.25, 0.3) is 0 Å². The third kappa shape index (κ3) is 20.7. The summed E-state index contributed by atoms with van der Waals surface area (Å²) in [6, 6.07) is 57.7. The van der Waals surface area contributed by atoms with E-state index in [2.05, 4.69) is 222 Å². The normalized spacial score (nSPS) is 10.7. The molecule has 0 unspecified atom stereocenters. The first-order valence-electron chi connectivity index (χ1n) is 15.3. The van der Waals surface area contributed by atoms with Crippen LogP contribution < -0.4 is 21.2 Å². The summed E-state index contributed by atoms with van der Waals surface area (Å²) >= 11 is 23.2. The molecule has 0 atom stereocenters. The first kappa shape index (κ1) is 59.3. The minimum Gasteiger partial charge on any atom is -0.187 e. The molecular formula is C40H36Co2N8PS8+15. The van der Waals surface area contributed by atoms with Gasteiger partial charge in [0.1, 0.15) is 28.5 Å². The van der Waals surface area contributed by atoms with E-state index in [0.29, 0.717) is 0 Å². The predicted molar refractivity (Wildman–Crippen MR) is 265 cm³/mol. The first-order chi connectivity index (χ1) is 27.3. The van der Waals surface area contributed by atoms with Crippen LogP contribution in [-0.4, -0.2) is 0 Å². The Balaban J connectivity index is -0.000000769. The predicted octanol–water partition coefficient (Wildman–Crippen LogP) is 1.37. The molecule has 4 aromatic rings. The largest absolute Gasteiger partial charge is 3.00 e. The summed E-state index contributed by atoms with van der Waals surface area (Å²) in [6.45, 7) is 0. The molecule has 0 aliphatic heterocycles. The van der Waals surface area contributed by atoms with E-state index in [-0.39, 0.29) is 72.8 Å². The molecule has 0 N–H and O–H groups in total. The van der Waals surface area contributed by atoms with Crippen molar-refractivity contribution in [3.8, 4) is 48.6 Å². The van der Waals surface area contributed by atoms with Gasteiger partial charge in [0.2, 0.25) is 0 Å². The molecule has 0 aliphatic carbocycles. The van der Waals surface area contributed by atoms with Crippen molar-refractivity contribution in [2.75, 3.05) is 0 Å². The van der Waals surface area contributed by atoms with E-state index in [1.165, 1.54) is 21.2 Å². The first-order valence-corrected chi connectivity index (χ1v) is 21.1. The maximum absolute atomic E-state index is 8.10. The van der Waals surface area contributed by atoms with Gasteiger partial charge in [-0.25, -0.2) is 0 Å². The van der Waals surface area contributed by atoms with Crippen LogP contribution in [0.2, 0.25) is 0 Å². The third-order valence-electron chi connectivity index (χ3n) is 6.47. The smallest absolute Gasteiger partial charge is 0.187 e. The summed E-state index contributed by atoms with van der Waals surface area (Å²) in [5.74, 6) is 0. The van der Waals surface area contributed by atoms with E-state index in [0.717, 1.165) is 0 Å².